The molecule has 10 nitrogen and oxygen atoms in total. The largest absolute Gasteiger partial charge is 0.350 e. The number of hydrogen-bond acceptors (Lipinski definition) is 6. The van der Waals surface area contributed by atoms with Gasteiger partial charge in [-0.15, -0.1) is 0 Å². The number of rotatable bonds is 9. The fourth-order valence-electron chi connectivity index (χ4n) is 6.29. The van der Waals surface area contributed by atoms with Gasteiger partial charge in [-0.3, -0.25) is 19.2 Å². The van der Waals surface area contributed by atoms with Crippen LogP contribution in [0, 0.1) is 5.82 Å². The molecule has 1 aliphatic carbocycles. The second-order valence-corrected chi connectivity index (χ2v) is 18.4. The molecule has 3 heterocycles. The zero-order valence-corrected chi connectivity index (χ0v) is 27.5. The van der Waals surface area contributed by atoms with Gasteiger partial charge in [0.1, 0.15) is 18.4 Å². The van der Waals surface area contributed by atoms with E-state index in [1.807, 2.05) is 18.2 Å². The molecular formula is C33H34ClFN6O4Si. The van der Waals surface area contributed by atoms with Gasteiger partial charge in [0, 0.05) is 53.3 Å². The van der Waals surface area contributed by atoms with Crippen LogP contribution in [-0.2, 0) is 28.2 Å². The second kappa shape index (κ2) is 12.1. The van der Waals surface area contributed by atoms with E-state index in [9.17, 15) is 23.6 Å². The van der Waals surface area contributed by atoms with Gasteiger partial charge < -0.3 is 20.1 Å². The smallest absolute Gasteiger partial charge is 0.289 e. The summed E-state index contributed by atoms with van der Waals surface area (Å²) in [7, 11) is -1.92. The van der Waals surface area contributed by atoms with Gasteiger partial charge in [-0.05, 0) is 55.6 Å². The number of benzene rings is 2. The Morgan fingerprint density at radius 1 is 1.09 bits per heavy atom. The van der Waals surface area contributed by atoms with Crippen molar-refractivity contribution in [2.75, 3.05) is 6.17 Å². The Morgan fingerprint density at radius 3 is 2.52 bits per heavy atom. The lowest BCUT2D eigenvalue weighted by atomic mass is 10.0. The van der Waals surface area contributed by atoms with Gasteiger partial charge in [-0.25, -0.2) is 14.4 Å². The third kappa shape index (κ3) is 6.19. The van der Waals surface area contributed by atoms with Gasteiger partial charge in [0.15, 0.2) is 5.78 Å². The van der Waals surface area contributed by atoms with Gasteiger partial charge in [0.05, 0.1) is 18.6 Å². The van der Waals surface area contributed by atoms with E-state index >= 15 is 0 Å². The molecule has 1 unspecified atom stereocenters. The average Bonchev–Trinajstić information content (AvgIpc) is 3.61. The number of aromatic nitrogens is 3. The van der Waals surface area contributed by atoms with Gasteiger partial charge in [-0.2, -0.15) is 0 Å². The predicted molar refractivity (Wildman–Crippen MR) is 173 cm³/mol. The maximum Gasteiger partial charge on any atom is 0.289 e. The second-order valence-electron chi connectivity index (χ2n) is 12.9. The Morgan fingerprint density at radius 2 is 1.83 bits per heavy atom. The van der Waals surface area contributed by atoms with Crippen LogP contribution in [0.5, 0.6) is 0 Å². The molecule has 3 amide bonds. The summed E-state index contributed by atoms with van der Waals surface area (Å²) in [4.78, 5) is 62.5. The predicted octanol–water partition coefficient (Wildman–Crippen LogP) is 4.62. The van der Waals surface area contributed by atoms with E-state index in [2.05, 4.69) is 33.7 Å². The van der Waals surface area contributed by atoms with Gasteiger partial charge >= 0.3 is 0 Å². The summed E-state index contributed by atoms with van der Waals surface area (Å²) in [6.45, 7) is 5.64. The number of halogens is 2. The molecule has 0 spiro atoms. The molecule has 13 heteroatoms. The zero-order valence-electron chi connectivity index (χ0n) is 25.8. The van der Waals surface area contributed by atoms with Crippen LogP contribution in [0.25, 0.3) is 10.9 Å². The normalized spacial score (nSPS) is 17.9. The number of hydrogen-bond donors (Lipinski definition) is 2. The van der Waals surface area contributed by atoms with Crippen LogP contribution in [0.1, 0.15) is 51.9 Å². The minimum atomic E-state index is -1.92. The third-order valence-electron chi connectivity index (χ3n) is 8.82. The fraction of sp³-hybridized carbons (Fsp3) is 0.333. The number of carbonyl (C=O) groups excluding carboxylic acids is 4. The van der Waals surface area contributed by atoms with Crippen LogP contribution in [0.15, 0.2) is 61.1 Å². The van der Waals surface area contributed by atoms with E-state index < -0.39 is 25.5 Å². The average molecular weight is 661 g/mol. The highest BCUT2D eigenvalue weighted by atomic mass is 35.5. The summed E-state index contributed by atoms with van der Waals surface area (Å²) in [6, 6.07) is 11.8. The molecule has 1 saturated carbocycles. The van der Waals surface area contributed by atoms with E-state index in [-0.39, 0.29) is 53.0 Å². The summed E-state index contributed by atoms with van der Waals surface area (Å²) < 4.78 is 16.2. The SMILES string of the molecule is CC(=O)c1cn(CC(=O)N2C[Si](C)(C)CC2C(=O)NCc2cccc(Cl)c2F)c2ccc(C3(NC(=O)c4ncccn4)CC3)cc12. The topological polar surface area (TPSA) is 126 Å². The summed E-state index contributed by atoms with van der Waals surface area (Å²) in [6.07, 6.45) is 6.67. The van der Waals surface area contributed by atoms with Crippen LogP contribution in [0.4, 0.5) is 4.39 Å². The number of nitrogens with zero attached hydrogens (tertiary/aromatic N) is 4. The summed E-state index contributed by atoms with van der Waals surface area (Å²) in [5.74, 6) is -1.60. The van der Waals surface area contributed by atoms with Gasteiger partial charge in [0.2, 0.25) is 17.6 Å². The van der Waals surface area contributed by atoms with Crippen molar-refractivity contribution < 1.29 is 23.6 Å². The van der Waals surface area contributed by atoms with Crippen molar-refractivity contribution in [3.05, 3.63) is 94.4 Å². The molecule has 0 bridgehead atoms. The first-order valence-electron chi connectivity index (χ1n) is 15.1. The molecule has 0 radical (unpaired) electrons. The monoisotopic (exact) mass is 660 g/mol. The molecule has 4 aromatic rings. The Labute approximate surface area is 271 Å². The van der Waals surface area contributed by atoms with Crippen molar-refractivity contribution >= 4 is 54.1 Å². The van der Waals surface area contributed by atoms with Crippen LogP contribution in [0.3, 0.4) is 0 Å². The van der Waals surface area contributed by atoms with Crippen molar-refractivity contribution in [1.82, 2.24) is 30.1 Å². The van der Waals surface area contributed by atoms with Crippen LogP contribution >= 0.6 is 11.6 Å². The molecule has 1 saturated heterocycles. The quantitative estimate of drug-likeness (QED) is 0.199. The molecule has 2 aromatic heterocycles. The first kappa shape index (κ1) is 31.6. The molecular weight excluding hydrogens is 627 g/mol. The van der Waals surface area contributed by atoms with E-state index in [0.717, 1.165) is 18.4 Å². The van der Waals surface area contributed by atoms with Crippen LogP contribution in [-0.4, -0.2) is 63.2 Å². The first-order chi connectivity index (χ1) is 21.9. The Hall–Kier alpha value is -4.42. The standard InChI is InChI=1S/C33H34ClFN6O4Si/c1-20(42)24-16-40(26-9-8-22(14-23(24)26)33(10-11-33)39-32(45)30-36-12-5-13-37-30)17-28(43)41-19-46(2,3)18-27(41)31(44)38-15-21-6-4-7-25(34)29(21)35/h4-9,12-14,16,27H,10-11,15,17-19H2,1-3H3,(H,38,44)(H,39,45). The first-order valence-corrected chi connectivity index (χ1v) is 18.9. The van der Waals surface area contributed by atoms with Gasteiger partial charge in [-0.1, -0.05) is 42.9 Å². The number of ketones is 1. The summed E-state index contributed by atoms with van der Waals surface area (Å²) in [5, 5.41) is 6.52. The maximum absolute atomic E-state index is 14.4. The summed E-state index contributed by atoms with van der Waals surface area (Å²) >= 11 is 5.90. The third-order valence-corrected chi connectivity index (χ3v) is 11.8. The van der Waals surface area contributed by atoms with Crippen molar-refractivity contribution in [3.63, 3.8) is 0 Å². The van der Waals surface area contributed by atoms with Crippen molar-refractivity contribution in [1.29, 1.82) is 0 Å². The van der Waals surface area contributed by atoms with Crippen molar-refractivity contribution in [3.8, 4) is 0 Å². The lowest BCUT2D eigenvalue weighted by Gasteiger charge is -2.25. The highest BCUT2D eigenvalue weighted by molar-refractivity contribution is 6.79. The Kier molecular flexibility index (Phi) is 8.28. The van der Waals surface area contributed by atoms with E-state index in [0.29, 0.717) is 28.7 Å². The highest BCUT2D eigenvalue weighted by Crippen LogP contribution is 2.46. The zero-order chi connectivity index (χ0) is 32.8. The number of nitrogens with one attached hydrogen (secondary N) is 2. The molecule has 46 heavy (non-hydrogen) atoms. The fourth-order valence-corrected chi connectivity index (χ4v) is 9.39. The van der Waals surface area contributed by atoms with Gasteiger partial charge in [0.25, 0.3) is 5.91 Å². The van der Waals surface area contributed by atoms with E-state index in [4.69, 9.17) is 11.6 Å². The lowest BCUT2D eigenvalue weighted by molar-refractivity contribution is -0.138. The molecule has 6 rings (SSSR count). The summed E-state index contributed by atoms with van der Waals surface area (Å²) in [5.41, 5.74) is 1.70. The molecule has 1 aliphatic heterocycles. The number of amides is 3. The number of fused-ring (bicyclic) bond motifs is 1. The molecule has 2 N–H and O–H groups in total. The highest BCUT2D eigenvalue weighted by Gasteiger charge is 2.47. The lowest BCUT2D eigenvalue weighted by Crippen LogP contribution is -2.46. The van der Waals surface area contributed by atoms with Crippen LogP contribution in [0.2, 0.25) is 24.2 Å². The number of carbonyl (C=O) groups is 4. The Bertz CT molecular complexity index is 1880. The maximum atomic E-state index is 14.4. The van der Waals surface area contributed by atoms with E-state index in [1.165, 1.54) is 25.4 Å². The number of Topliss-reactive ketones (excluding diaryl/α,β-unsaturated/α-hetero) is 1. The molecule has 238 valence electrons. The molecule has 1 atom stereocenters. The molecule has 2 fully saturated rings. The Balaban J connectivity index is 1.22. The van der Waals surface area contributed by atoms with Crippen LogP contribution < -0.4 is 10.6 Å². The molecule has 2 aromatic carbocycles. The minimum absolute atomic E-state index is 0.0206. The van der Waals surface area contributed by atoms with Crippen molar-refractivity contribution in [2.45, 2.75) is 63.6 Å². The molecule has 2 aliphatic rings. The minimum Gasteiger partial charge on any atom is -0.350 e. The van der Waals surface area contributed by atoms with E-state index in [1.54, 1.807) is 33.9 Å². The van der Waals surface area contributed by atoms with Crippen molar-refractivity contribution in [2.24, 2.45) is 0 Å².